The molecule has 0 atom stereocenters. The monoisotopic (exact) mass is 347 g/mol. The van der Waals surface area contributed by atoms with Crippen molar-refractivity contribution in [3.8, 4) is 0 Å². The van der Waals surface area contributed by atoms with Crippen molar-refractivity contribution in [1.82, 2.24) is 4.57 Å². The van der Waals surface area contributed by atoms with Gasteiger partial charge in [-0.25, -0.2) is 0 Å². The lowest BCUT2D eigenvalue weighted by Gasteiger charge is -2.26. The Morgan fingerprint density at radius 1 is 0.957 bits per heavy atom. The van der Waals surface area contributed by atoms with Crippen molar-refractivity contribution >= 4 is 11.6 Å². The third-order valence-corrected chi connectivity index (χ3v) is 5.35. The van der Waals surface area contributed by atoms with Crippen LogP contribution in [0.4, 0.5) is 0 Å². The number of nitrogens with zero attached hydrogens (tertiary/aromatic N) is 1. The Morgan fingerprint density at radius 3 is 2.35 bits per heavy atom. The van der Waals surface area contributed by atoms with Crippen LogP contribution in [-0.4, -0.2) is 4.57 Å². The van der Waals surface area contributed by atoms with Crippen molar-refractivity contribution in [2.75, 3.05) is 0 Å². The van der Waals surface area contributed by atoms with Gasteiger partial charge in [0.2, 0.25) is 0 Å². The molecule has 1 aromatic heterocycles. The van der Waals surface area contributed by atoms with Gasteiger partial charge in [-0.3, -0.25) is 0 Å². The Bertz CT molecular complexity index is 793. The van der Waals surface area contributed by atoms with Gasteiger partial charge in [-0.2, -0.15) is 0 Å². The maximum atomic E-state index is 8.58. The zero-order valence-corrected chi connectivity index (χ0v) is 14.7. The van der Waals surface area contributed by atoms with E-state index >= 15 is 0 Å². The topological polar surface area (TPSA) is 28.8 Å². The van der Waals surface area contributed by atoms with E-state index in [1.807, 2.05) is 12.1 Å². The van der Waals surface area contributed by atoms with E-state index in [1.54, 1.807) is 0 Å². The van der Waals surface area contributed by atoms with E-state index in [-0.39, 0.29) is 12.4 Å². The van der Waals surface area contributed by atoms with E-state index in [1.165, 1.54) is 47.3 Å². The molecule has 0 radical (unpaired) electrons. The Labute approximate surface area is 148 Å². The van der Waals surface area contributed by atoms with E-state index in [0.717, 1.165) is 42.6 Å². The molecule has 0 saturated heterocycles. The third kappa shape index (κ3) is 2.95. The highest BCUT2D eigenvalue weighted by Crippen LogP contribution is 2.28. The van der Waals surface area contributed by atoms with Crippen LogP contribution in [0, 0.1) is 5.41 Å². The van der Waals surface area contributed by atoms with Crippen LogP contribution in [0.2, 0.25) is 5.02 Å². The molecular weight excluding hydrogens is 327 g/mol. The second-order valence-corrected chi connectivity index (χ2v) is 6.94. The molecule has 0 unspecified atom stereocenters. The molecule has 4 heteroatoms. The molecular formula is C19H21Cl2N2-. The first kappa shape index (κ1) is 16.6. The molecule has 2 aliphatic carbocycles. The van der Waals surface area contributed by atoms with Crippen LogP contribution in [0.25, 0.3) is 0 Å². The van der Waals surface area contributed by atoms with Crippen LogP contribution in [0.3, 0.4) is 0 Å². The highest BCUT2D eigenvalue weighted by molar-refractivity contribution is 6.30. The fraction of sp³-hybridized carbons (Fsp3) is 0.421. The van der Waals surface area contributed by atoms with Gasteiger partial charge < -0.3 is 22.4 Å². The molecule has 0 amide bonds. The second kappa shape index (κ2) is 6.70. The summed E-state index contributed by atoms with van der Waals surface area (Å²) in [6, 6.07) is 8.19. The van der Waals surface area contributed by atoms with Crippen molar-refractivity contribution in [2.24, 2.45) is 0 Å². The Hall–Kier alpha value is -1.25. The van der Waals surface area contributed by atoms with Gasteiger partial charge in [-0.1, -0.05) is 23.7 Å². The number of benzene rings is 1. The maximum Gasteiger partial charge on any atom is 0.0638 e. The highest BCUT2D eigenvalue weighted by Gasteiger charge is 2.24. The summed E-state index contributed by atoms with van der Waals surface area (Å²) in [7, 11) is 0. The van der Waals surface area contributed by atoms with E-state index < -0.39 is 0 Å². The minimum atomic E-state index is 0. The number of aromatic nitrogens is 1. The van der Waals surface area contributed by atoms with Crippen molar-refractivity contribution in [3.05, 3.63) is 62.7 Å². The van der Waals surface area contributed by atoms with Crippen molar-refractivity contribution in [2.45, 2.75) is 51.5 Å². The van der Waals surface area contributed by atoms with Crippen LogP contribution < -0.4 is 17.8 Å². The van der Waals surface area contributed by atoms with E-state index in [2.05, 4.69) is 16.7 Å². The fourth-order valence-corrected chi connectivity index (χ4v) is 4.32. The van der Waals surface area contributed by atoms with Gasteiger partial charge in [0.1, 0.15) is 0 Å². The average molecular weight is 348 g/mol. The number of pyridine rings is 1. The zero-order chi connectivity index (χ0) is 15.1. The van der Waals surface area contributed by atoms with Gasteiger partial charge >= 0.3 is 0 Å². The molecule has 0 aliphatic heterocycles. The lowest BCUT2D eigenvalue weighted by molar-refractivity contribution is -0.00000461. The van der Waals surface area contributed by atoms with Crippen LogP contribution in [0.15, 0.2) is 24.3 Å². The van der Waals surface area contributed by atoms with Gasteiger partial charge in [0.15, 0.2) is 0 Å². The first-order valence-corrected chi connectivity index (χ1v) is 8.67. The average Bonchev–Trinajstić information content (AvgIpc) is 3.01. The van der Waals surface area contributed by atoms with Crippen molar-refractivity contribution < 1.29 is 12.4 Å². The van der Waals surface area contributed by atoms with E-state index in [4.69, 9.17) is 17.0 Å². The molecule has 1 N–H and O–H groups in total. The quantitative estimate of drug-likeness (QED) is 0.841. The van der Waals surface area contributed by atoms with Crippen molar-refractivity contribution in [1.29, 1.82) is 5.41 Å². The second-order valence-electron chi connectivity index (χ2n) is 6.50. The minimum Gasteiger partial charge on any atom is -1.00 e. The van der Waals surface area contributed by atoms with Crippen LogP contribution in [0.1, 0.15) is 47.3 Å². The number of nitrogens with one attached hydrogen (secondary N) is 1. The lowest BCUT2D eigenvalue weighted by Crippen LogP contribution is -3.00. The molecule has 23 heavy (non-hydrogen) atoms. The number of fused-ring (bicyclic) bond motifs is 2. The van der Waals surface area contributed by atoms with Crippen molar-refractivity contribution in [3.63, 3.8) is 0 Å². The molecule has 0 bridgehead atoms. The third-order valence-electron chi connectivity index (χ3n) is 5.11. The van der Waals surface area contributed by atoms with Crippen LogP contribution >= 0.6 is 11.6 Å². The van der Waals surface area contributed by atoms with Gasteiger partial charge in [0.05, 0.1) is 5.36 Å². The molecule has 0 fully saturated rings. The number of halogens is 2. The normalized spacial score (nSPS) is 15.7. The molecule has 122 valence electrons. The summed E-state index contributed by atoms with van der Waals surface area (Å²) in [5.74, 6) is 0. The smallest absolute Gasteiger partial charge is 0.0638 e. The summed E-state index contributed by atoms with van der Waals surface area (Å²) in [4.78, 5) is 0. The molecule has 2 aromatic rings. The first-order chi connectivity index (χ1) is 10.7. The molecule has 4 rings (SSSR count). The fourth-order valence-electron chi connectivity index (χ4n) is 4.11. The summed E-state index contributed by atoms with van der Waals surface area (Å²) in [6.07, 6.45) is 8.08. The Kier molecular flexibility index (Phi) is 4.84. The van der Waals surface area contributed by atoms with E-state index in [0.29, 0.717) is 0 Å². The Balaban J connectivity index is 0.00000156. The summed E-state index contributed by atoms with van der Waals surface area (Å²) >= 11 is 6.16. The SMILES string of the molecule is N=c1c2c(n(Cc3cccc(Cl)c3)c3c1CCC3)CCCC2.[Cl-]. The minimum absolute atomic E-state index is 0. The predicted molar refractivity (Wildman–Crippen MR) is 89.5 cm³/mol. The summed E-state index contributed by atoms with van der Waals surface area (Å²) in [5, 5.41) is 10.2. The molecule has 0 saturated carbocycles. The molecule has 1 heterocycles. The predicted octanol–water partition coefficient (Wildman–Crippen LogP) is 1.04. The standard InChI is InChI=1S/C19H21ClN2.ClH/c20-14-6-3-5-13(11-14)12-22-17-9-2-1-7-15(17)19(21)16-8-4-10-18(16)22;/h3,5-6,11,21H,1-2,4,7-10,12H2;1H/p-1. The molecule has 2 aliphatic rings. The van der Waals surface area contributed by atoms with Gasteiger partial charge in [0, 0.05) is 23.0 Å². The molecule has 2 nitrogen and oxygen atoms in total. The Morgan fingerprint density at radius 2 is 1.61 bits per heavy atom. The number of hydrogen-bond donors (Lipinski definition) is 1. The van der Waals surface area contributed by atoms with Gasteiger partial charge in [-0.15, -0.1) is 0 Å². The number of hydrogen-bond acceptors (Lipinski definition) is 1. The first-order valence-electron chi connectivity index (χ1n) is 8.29. The van der Waals surface area contributed by atoms with Crippen LogP contribution in [0.5, 0.6) is 0 Å². The number of rotatable bonds is 2. The largest absolute Gasteiger partial charge is 1.00 e. The zero-order valence-electron chi connectivity index (χ0n) is 13.2. The van der Waals surface area contributed by atoms with Crippen LogP contribution in [-0.2, 0) is 32.2 Å². The summed E-state index contributed by atoms with van der Waals surface area (Å²) in [5.41, 5.74) is 6.70. The molecule has 1 aromatic carbocycles. The molecule has 0 spiro atoms. The summed E-state index contributed by atoms with van der Waals surface area (Å²) in [6.45, 7) is 0.894. The lowest BCUT2D eigenvalue weighted by atomic mass is 9.92. The summed E-state index contributed by atoms with van der Waals surface area (Å²) < 4.78 is 2.51. The maximum absolute atomic E-state index is 8.58. The van der Waals surface area contributed by atoms with Gasteiger partial charge in [0.25, 0.3) is 0 Å². The highest BCUT2D eigenvalue weighted by atomic mass is 35.5. The van der Waals surface area contributed by atoms with Gasteiger partial charge in [-0.05, 0) is 73.8 Å². The van der Waals surface area contributed by atoms with E-state index in [9.17, 15) is 0 Å².